The summed E-state index contributed by atoms with van der Waals surface area (Å²) in [6.07, 6.45) is 1.86. The van der Waals surface area contributed by atoms with Gasteiger partial charge in [0, 0.05) is 41.4 Å². The smallest absolute Gasteiger partial charge is 0.0968 e. The Bertz CT molecular complexity index is 968. The maximum atomic E-state index is 5.18. The third kappa shape index (κ3) is 2.79. The number of fused-ring (bicyclic) bond motifs is 5. The van der Waals surface area contributed by atoms with Crippen molar-refractivity contribution in [3.8, 4) is 11.1 Å². The highest BCUT2D eigenvalue weighted by atomic mass is 32.2. The fourth-order valence-corrected chi connectivity index (χ4v) is 4.77. The number of methoxy groups -OCH3 is 1. The number of nitrogens with zero attached hydrogens (tertiary/aromatic N) is 1. The van der Waals surface area contributed by atoms with Crippen LogP contribution in [0.2, 0.25) is 0 Å². The summed E-state index contributed by atoms with van der Waals surface area (Å²) in [5, 5.41) is 6.85. The molecule has 0 spiro atoms. The van der Waals surface area contributed by atoms with Gasteiger partial charge < -0.3 is 14.8 Å². The Morgan fingerprint density at radius 2 is 2.08 bits per heavy atom. The van der Waals surface area contributed by atoms with Crippen LogP contribution in [0.3, 0.4) is 0 Å². The van der Waals surface area contributed by atoms with Gasteiger partial charge in [-0.3, -0.25) is 4.98 Å². The number of anilines is 2. The molecule has 2 N–H and O–H groups in total. The average Bonchev–Trinajstić information content (AvgIpc) is 2.67. The van der Waals surface area contributed by atoms with E-state index in [-0.39, 0.29) is 10.7 Å². The van der Waals surface area contributed by atoms with Crippen LogP contribution in [0.15, 0.2) is 53.6 Å². The van der Waals surface area contributed by atoms with E-state index >= 15 is 0 Å². The first-order valence-electron chi connectivity index (χ1n) is 8.36. The Morgan fingerprint density at radius 3 is 2.92 bits per heavy atom. The van der Waals surface area contributed by atoms with E-state index in [1.165, 1.54) is 16.0 Å². The molecular formula is C20H21N3OS. The summed E-state index contributed by atoms with van der Waals surface area (Å²) in [4.78, 5) is 6.01. The molecule has 5 heteroatoms. The fourth-order valence-electron chi connectivity index (χ4n) is 3.23. The van der Waals surface area contributed by atoms with E-state index in [0.29, 0.717) is 6.61 Å². The Hall–Kier alpha value is -2.37. The summed E-state index contributed by atoms with van der Waals surface area (Å²) in [5.74, 6) is 0. The van der Waals surface area contributed by atoms with Crippen molar-refractivity contribution in [3.63, 3.8) is 0 Å². The lowest BCUT2D eigenvalue weighted by atomic mass is 9.99. The molecule has 0 amide bonds. The molecule has 0 saturated carbocycles. The zero-order valence-corrected chi connectivity index (χ0v) is 15.2. The maximum Gasteiger partial charge on any atom is 0.0968 e. The lowest BCUT2D eigenvalue weighted by Gasteiger charge is -2.27. The van der Waals surface area contributed by atoms with Gasteiger partial charge >= 0.3 is 0 Å². The Labute approximate surface area is 150 Å². The molecule has 25 heavy (non-hydrogen) atoms. The fraction of sp³-hybridized carbons (Fsp3) is 0.200. The van der Waals surface area contributed by atoms with Gasteiger partial charge in [-0.1, -0.05) is 28.9 Å². The van der Waals surface area contributed by atoms with Crippen molar-refractivity contribution < 1.29 is 4.74 Å². The van der Waals surface area contributed by atoms with E-state index in [1.54, 1.807) is 7.11 Å². The molecule has 1 unspecified atom stereocenters. The van der Waals surface area contributed by atoms with Crippen LogP contribution in [0, 0.1) is 0 Å². The number of hydrogen-bond acceptors (Lipinski definition) is 4. The summed E-state index contributed by atoms with van der Waals surface area (Å²) in [6, 6.07) is 14.9. The van der Waals surface area contributed by atoms with E-state index in [1.807, 2.05) is 12.3 Å². The standard InChI is InChI=1S/C20H21N3OS/c1-3-25-18-9-5-4-7-14(18)16-13-17(21-11-12-24-2)15-8-6-10-22-19(15)20(16)23-25/h3-10,13,21,23H,11-12H2,1-2H3. The highest BCUT2D eigenvalue weighted by Gasteiger charge is 2.22. The summed E-state index contributed by atoms with van der Waals surface area (Å²) < 4.78 is 8.88. The number of aromatic nitrogens is 1. The monoisotopic (exact) mass is 351 g/mol. The molecule has 0 aliphatic carbocycles. The molecule has 4 rings (SSSR count). The summed E-state index contributed by atoms with van der Waals surface area (Å²) in [6.45, 7) is 3.54. The zero-order valence-electron chi connectivity index (χ0n) is 14.4. The van der Waals surface area contributed by atoms with E-state index in [9.17, 15) is 0 Å². The number of rotatable bonds is 4. The summed E-state index contributed by atoms with van der Waals surface area (Å²) >= 11 is 0. The van der Waals surface area contributed by atoms with Gasteiger partial charge in [-0.25, -0.2) is 0 Å². The molecule has 1 aromatic heterocycles. The first-order valence-corrected chi connectivity index (χ1v) is 9.65. The second-order valence-corrected chi connectivity index (χ2v) is 7.63. The first-order chi connectivity index (χ1) is 12.3. The minimum absolute atomic E-state index is 0.113. The third-order valence-corrected chi connectivity index (χ3v) is 6.10. The van der Waals surface area contributed by atoms with Gasteiger partial charge in [0.25, 0.3) is 0 Å². The quantitative estimate of drug-likeness (QED) is 0.526. The van der Waals surface area contributed by atoms with Crippen molar-refractivity contribution >= 4 is 38.3 Å². The van der Waals surface area contributed by atoms with E-state index < -0.39 is 0 Å². The Kier molecular flexibility index (Phi) is 4.42. The van der Waals surface area contributed by atoms with Crippen LogP contribution in [0.1, 0.15) is 6.92 Å². The number of hydrogen-bond donors (Lipinski definition) is 2. The van der Waals surface area contributed by atoms with Crippen LogP contribution in [0.5, 0.6) is 0 Å². The lowest BCUT2D eigenvalue weighted by molar-refractivity contribution is 0.211. The van der Waals surface area contributed by atoms with Crippen LogP contribution in [-0.2, 0) is 4.74 Å². The van der Waals surface area contributed by atoms with Crippen molar-refractivity contribution in [2.75, 3.05) is 30.3 Å². The normalized spacial score (nSPS) is 15.5. The molecule has 0 bridgehead atoms. The zero-order chi connectivity index (χ0) is 17.2. The molecule has 2 aromatic carbocycles. The molecule has 1 aliphatic rings. The molecule has 1 atom stereocenters. The Balaban J connectivity index is 1.96. The van der Waals surface area contributed by atoms with Crippen molar-refractivity contribution in [2.45, 2.75) is 11.8 Å². The Morgan fingerprint density at radius 1 is 1.20 bits per heavy atom. The molecule has 0 radical (unpaired) electrons. The second kappa shape index (κ2) is 6.86. The van der Waals surface area contributed by atoms with Crippen LogP contribution in [-0.4, -0.2) is 30.6 Å². The molecule has 0 fully saturated rings. The van der Waals surface area contributed by atoms with Crippen LogP contribution in [0.25, 0.3) is 22.0 Å². The maximum absolute atomic E-state index is 5.18. The lowest BCUT2D eigenvalue weighted by Crippen LogP contribution is -2.10. The number of pyridine rings is 1. The third-order valence-electron chi connectivity index (χ3n) is 4.38. The summed E-state index contributed by atoms with van der Waals surface area (Å²) in [7, 11) is 1.61. The van der Waals surface area contributed by atoms with Gasteiger partial charge in [-0.05, 0) is 42.1 Å². The average molecular weight is 351 g/mol. The van der Waals surface area contributed by atoms with E-state index in [0.717, 1.165) is 28.8 Å². The molecule has 2 heterocycles. The number of nitrogens with one attached hydrogen (secondary N) is 2. The van der Waals surface area contributed by atoms with E-state index in [2.05, 4.69) is 63.7 Å². The highest BCUT2D eigenvalue weighted by molar-refractivity contribution is 8.16. The van der Waals surface area contributed by atoms with Crippen molar-refractivity contribution in [1.29, 1.82) is 0 Å². The van der Waals surface area contributed by atoms with Gasteiger partial charge in [0.05, 0.1) is 17.8 Å². The van der Waals surface area contributed by atoms with Gasteiger partial charge in [0.2, 0.25) is 0 Å². The highest BCUT2D eigenvalue weighted by Crippen LogP contribution is 2.49. The minimum Gasteiger partial charge on any atom is -0.383 e. The molecule has 3 aromatic rings. The number of ether oxygens (including phenoxy) is 1. The van der Waals surface area contributed by atoms with Gasteiger partial charge in [0.1, 0.15) is 0 Å². The molecule has 1 aliphatic heterocycles. The topological polar surface area (TPSA) is 46.2 Å². The van der Waals surface area contributed by atoms with E-state index in [4.69, 9.17) is 4.74 Å². The number of benzene rings is 2. The van der Waals surface area contributed by atoms with Crippen molar-refractivity contribution in [2.24, 2.45) is 0 Å². The SMILES string of the molecule is C/C=S1\Nc2c(cc(NCCOC)c3cccnc23)-c2ccccc21. The van der Waals surface area contributed by atoms with Gasteiger partial charge in [-0.2, -0.15) is 0 Å². The molecule has 128 valence electrons. The summed E-state index contributed by atoms with van der Waals surface area (Å²) in [5.41, 5.74) is 5.70. The van der Waals surface area contributed by atoms with Crippen LogP contribution in [0.4, 0.5) is 11.4 Å². The van der Waals surface area contributed by atoms with Crippen LogP contribution < -0.4 is 10.0 Å². The largest absolute Gasteiger partial charge is 0.383 e. The first kappa shape index (κ1) is 16.1. The van der Waals surface area contributed by atoms with Gasteiger partial charge in [-0.15, -0.1) is 0 Å². The van der Waals surface area contributed by atoms with Crippen molar-refractivity contribution in [3.05, 3.63) is 48.7 Å². The second-order valence-electron chi connectivity index (χ2n) is 5.84. The van der Waals surface area contributed by atoms with Crippen molar-refractivity contribution in [1.82, 2.24) is 4.98 Å². The molecule has 4 nitrogen and oxygen atoms in total. The molecular weight excluding hydrogens is 330 g/mol. The minimum atomic E-state index is -0.113. The molecule has 0 saturated heterocycles. The predicted molar refractivity (Wildman–Crippen MR) is 109 cm³/mol. The van der Waals surface area contributed by atoms with Gasteiger partial charge in [0.15, 0.2) is 0 Å². The van der Waals surface area contributed by atoms with Crippen LogP contribution >= 0.6 is 10.7 Å². The predicted octanol–water partition coefficient (Wildman–Crippen LogP) is 4.75.